The molecule has 78 valence electrons. The van der Waals surface area contributed by atoms with Crippen molar-refractivity contribution in [2.45, 2.75) is 25.8 Å². The van der Waals surface area contributed by atoms with Gasteiger partial charge in [-0.3, -0.25) is 10.2 Å². The SMILES string of the molecule is CC12CC(=O)NNC1c1ccccc1C2. The maximum atomic E-state index is 11.4. The number of hydrogen-bond acceptors (Lipinski definition) is 2. The van der Waals surface area contributed by atoms with E-state index < -0.39 is 0 Å². The molecular formula is C12H14N2O. The number of benzene rings is 1. The molecular weight excluding hydrogens is 188 g/mol. The molecule has 2 N–H and O–H groups in total. The summed E-state index contributed by atoms with van der Waals surface area (Å²) >= 11 is 0. The van der Waals surface area contributed by atoms with Crippen LogP contribution in [0, 0.1) is 5.41 Å². The predicted octanol–water partition coefficient (Wildman–Crippen LogP) is 1.31. The van der Waals surface area contributed by atoms with Crippen molar-refractivity contribution in [3.63, 3.8) is 0 Å². The van der Waals surface area contributed by atoms with Crippen molar-refractivity contribution < 1.29 is 4.79 Å². The molecule has 2 unspecified atom stereocenters. The molecule has 1 amide bonds. The Morgan fingerprint density at radius 2 is 2.13 bits per heavy atom. The first-order valence-corrected chi connectivity index (χ1v) is 5.31. The fourth-order valence-electron chi connectivity index (χ4n) is 2.87. The molecule has 0 saturated carbocycles. The van der Waals surface area contributed by atoms with E-state index in [9.17, 15) is 4.79 Å². The second-order valence-electron chi connectivity index (χ2n) is 4.83. The van der Waals surface area contributed by atoms with Gasteiger partial charge in [0.15, 0.2) is 0 Å². The summed E-state index contributed by atoms with van der Waals surface area (Å²) in [4.78, 5) is 11.4. The maximum absolute atomic E-state index is 11.4. The fraction of sp³-hybridized carbons (Fsp3) is 0.417. The molecule has 2 aliphatic rings. The minimum Gasteiger partial charge on any atom is -0.291 e. The van der Waals surface area contributed by atoms with Crippen LogP contribution >= 0.6 is 0 Å². The zero-order valence-electron chi connectivity index (χ0n) is 8.71. The summed E-state index contributed by atoms with van der Waals surface area (Å²) < 4.78 is 0. The number of carbonyl (C=O) groups excluding carboxylic acids is 1. The van der Waals surface area contributed by atoms with Crippen molar-refractivity contribution >= 4 is 5.91 Å². The van der Waals surface area contributed by atoms with Gasteiger partial charge >= 0.3 is 0 Å². The molecule has 1 aliphatic heterocycles. The van der Waals surface area contributed by atoms with Crippen molar-refractivity contribution in [2.24, 2.45) is 5.41 Å². The first-order valence-electron chi connectivity index (χ1n) is 5.31. The van der Waals surface area contributed by atoms with Crippen LogP contribution in [0.1, 0.15) is 30.5 Å². The van der Waals surface area contributed by atoms with Gasteiger partial charge in [0.1, 0.15) is 0 Å². The van der Waals surface area contributed by atoms with Crippen LogP contribution in [0.3, 0.4) is 0 Å². The van der Waals surface area contributed by atoms with Crippen LogP contribution in [0.5, 0.6) is 0 Å². The van der Waals surface area contributed by atoms with E-state index in [1.807, 2.05) is 0 Å². The first-order chi connectivity index (χ1) is 7.19. The van der Waals surface area contributed by atoms with Gasteiger partial charge in [-0.1, -0.05) is 31.2 Å². The van der Waals surface area contributed by atoms with Gasteiger partial charge < -0.3 is 0 Å². The number of hydrogen-bond donors (Lipinski definition) is 2. The van der Waals surface area contributed by atoms with Gasteiger partial charge in [0.2, 0.25) is 5.91 Å². The third kappa shape index (κ3) is 1.20. The van der Waals surface area contributed by atoms with Gasteiger partial charge in [-0.05, 0) is 17.5 Å². The summed E-state index contributed by atoms with van der Waals surface area (Å²) in [6.07, 6.45) is 1.60. The monoisotopic (exact) mass is 202 g/mol. The average molecular weight is 202 g/mol. The molecule has 2 atom stereocenters. The molecule has 3 heteroatoms. The average Bonchev–Trinajstić information content (AvgIpc) is 2.48. The van der Waals surface area contributed by atoms with Crippen LogP contribution in [0.4, 0.5) is 0 Å². The summed E-state index contributed by atoms with van der Waals surface area (Å²) in [6.45, 7) is 2.18. The Morgan fingerprint density at radius 3 is 3.00 bits per heavy atom. The number of hydrazine groups is 1. The van der Waals surface area contributed by atoms with Crippen molar-refractivity contribution in [3.8, 4) is 0 Å². The molecule has 3 rings (SSSR count). The van der Waals surface area contributed by atoms with E-state index in [0.717, 1.165) is 6.42 Å². The molecule has 1 aliphatic carbocycles. The Bertz CT molecular complexity index is 429. The van der Waals surface area contributed by atoms with E-state index in [-0.39, 0.29) is 17.4 Å². The molecule has 1 aromatic carbocycles. The van der Waals surface area contributed by atoms with Gasteiger partial charge in [0.05, 0.1) is 6.04 Å². The standard InChI is InChI=1S/C12H14N2O/c1-12-6-8-4-2-3-5-9(8)11(12)14-13-10(15)7-12/h2-5,11,14H,6-7H2,1H3,(H,13,15). The van der Waals surface area contributed by atoms with E-state index >= 15 is 0 Å². The van der Waals surface area contributed by atoms with Gasteiger partial charge in [-0.15, -0.1) is 0 Å². The largest absolute Gasteiger partial charge is 0.291 e. The lowest BCUT2D eigenvalue weighted by atomic mass is 9.79. The molecule has 1 heterocycles. The van der Waals surface area contributed by atoms with Gasteiger partial charge in [-0.2, -0.15) is 0 Å². The van der Waals surface area contributed by atoms with E-state index in [1.165, 1.54) is 11.1 Å². The van der Waals surface area contributed by atoms with Crippen LogP contribution in [0.25, 0.3) is 0 Å². The number of rotatable bonds is 0. The van der Waals surface area contributed by atoms with Crippen LogP contribution in [-0.2, 0) is 11.2 Å². The summed E-state index contributed by atoms with van der Waals surface area (Å²) in [5.74, 6) is 0.0987. The fourth-order valence-corrected chi connectivity index (χ4v) is 2.87. The Labute approximate surface area is 88.8 Å². The van der Waals surface area contributed by atoms with Crippen LogP contribution in [0.15, 0.2) is 24.3 Å². The zero-order chi connectivity index (χ0) is 10.5. The van der Waals surface area contributed by atoms with Crippen molar-refractivity contribution in [3.05, 3.63) is 35.4 Å². The number of carbonyl (C=O) groups is 1. The molecule has 15 heavy (non-hydrogen) atoms. The Balaban J connectivity index is 2.05. The lowest BCUT2D eigenvalue weighted by molar-refractivity contribution is -0.128. The highest BCUT2D eigenvalue weighted by molar-refractivity contribution is 5.77. The summed E-state index contributed by atoms with van der Waals surface area (Å²) in [7, 11) is 0. The zero-order valence-corrected chi connectivity index (χ0v) is 8.71. The Kier molecular flexibility index (Phi) is 1.68. The highest BCUT2D eigenvalue weighted by Gasteiger charge is 2.46. The highest BCUT2D eigenvalue weighted by atomic mass is 16.2. The van der Waals surface area contributed by atoms with E-state index in [0.29, 0.717) is 6.42 Å². The molecule has 0 spiro atoms. The van der Waals surface area contributed by atoms with E-state index in [2.05, 4.69) is 42.0 Å². The molecule has 0 radical (unpaired) electrons. The third-order valence-electron chi connectivity index (χ3n) is 3.58. The quantitative estimate of drug-likeness (QED) is 0.666. The highest BCUT2D eigenvalue weighted by Crippen LogP contribution is 2.48. The van der Waals surface area contributed by atoms with Gasteiger partial charge in [0.25, 0.3) is 0 Å². The number of nitrogens with one attached hydrogen (secondary N) is 2. The number of fused-ring (bicyclic) bond motifs is 3. The molecule has 1 saturated heterocycles. The first kappa shape index (κ1) is 8.92. The van der Waals surface area contributed by atoms with Crippen LogP contribution < -0.4 is 10.9 Å². The molecule has 3 nitrogen and oxygen atoms in total. The minimum absolute atomic E-state index is 0.0476. The summed E-state index contributed by atoms with van der Waals surface area (Å²) in [6, 6.07) is 8.70. The normalized spacial score (nSPS) is 33.1. The molecule has 1 fully saturated rings. The second kappa shape index (κ2) is 2.83. The third-order valence-corrected chi connectivity index (χ3v) is 3.58. The maximum Gasteiger partial charge on any atom is 0.234 e. The molecule has 0 aromatic heterocycles. The summed E-state index contributed by atoms with van der Waals surface area (Å²) in [5.41, 5.74) is 8.61. The van der Waals surface area contributed by atoms with Crippen molar-refractivity contribution in [2.75, 3.05) is 0 Å². The minimum atomic E-state index is 0.0476. The Morgan fingerprint density at radius 1 is 1.33 bits per heavy atom. The van der Waals surface area contributed by atoms with E-state index in [4.69, 9.17) is 0 Å². The van der Waals surface area contributed by atoms with Gasteiger partial charge in [0, 0.05) is 11.8 Å². The van der Waals surface area contributed by atoms with Crippen molar-refractivity contribution in [1.82, 2.24) is 10.9 Å². The van der Waals surface area contributed by atoms with E-state index in [1.54, 1.807) is 0 Å². The van der Waals surface area contributed by atoms with Crippen LogP contribution in [0.2, 0.25) is 0 Å². The lowest BCUT2D eigenvalue weighted by Crippen LogP contribution is -2.52. The number of amides is 1. The van der Waals surface area contributed by atoms with Crippen molar-refractivity contribution in [1.29, 1.82) is 0 Å². The molecule has 0 bridgehead atoms. The smallest absolute Gasteiger partial charge is 0.234 e. The second-order valence-corrected chi connectivity index (χ2v) is 4.83. The Hall–Kier alpha value is -1.35. The van der Waals surface area contributed by atoms with Crippen LogP contribution in [-0.4, -0.2) is 5.91 Å². The lowest BCUT2D eigenvalue weighted by Gasteiger charge is -2.36. The summed E-state index contributed by atoms with van der Waals surface area (Å²) in [5, 5.41) is 0. The predicted molar refractivity (Wildman–Crippen MR) is 56.9 cm³/mol. The molecule has 1 aromatic rings. The topological polar surface area (TPSA) is 41.1 Å². The van der Waals surface area contributed by atoms with Gasteiger partial charge in [-0.25, -0.2) is 5.43 Å².